The summed E-state index contributed by atoms with van der Waals surface area (Å²) < 4.78 is 14.9. The molecular weight excluding hydrogens is 279 g/mol. The van der Waals surface area contributed by atoms with Crippen LogP contribution in [0.2, 0.25) is 0 Å². The first-order valence-corrected chi connectivity index (χ1v) is 7.48. The quantitative estimate of drug-likeness (QED) is 0.739. The molecule has 0 amide bonds. The Morgan fingerprint density at radius 3 is 2.55 bits per heavy atom. The molecular formula is C18H15FN2O. The van der Waals surface area contributed by atoms with Crippen LogP contribution in [0.5, 0.6) is 0 Å². The summed E-state index contributed by atoms with van der Waals surface area (Å²) in [7, 11) is 0. The second kappa shape index (κ2) is 5.05. The highest BCUT2D eigenvalue weighted by molar-refractivity contribution is 5.77. The largest absolute Gasteiger partial charge is 0.305 e. The zero-order chi connectivity index (χ0) is 15.1. The molecule has 1 aliphatic rings. The first-order chi connectivity index (χ1) is 10.7. The Balaban J connectivity index is 1.96. The van der Waals surface area contributed by atoms with Crippen molar-refractivity contribution in [3.8, 4) is 11.3 Å². The third-order valence-electron chi connectivity index (χ3n) is 4.11. The van der Waals surface area contributed by atoms with Crippen LogP contribution in [0.3, 0.4) is 0 Å². The van der Waals surface area contributed by atoms with Gasteiger partial charge in [-0.15, -0.1) is 0 Å². The van der Waals surface area contributed by atoms with Gasteiger partial charge in [-0.05, 0) is 55.2 Å². The summed E-state index contributed by atoms with van der Waals surface area (Å²) in [6.07, 6.45) is 2.35. The number of aromatic nitrogens is 2. The third kappa shape index (κ3) is 2.30. The lowest BCUT2D eigenvalue weighted by atomic mass is 10.1. The molecule has 0 aliphatic heterocycles. The zero-order valence-electron chi connectivity index (χ0n) is 12.0. The molecule has 2 aromatic carbocycles. The average molecular weight is 294 g/mol. The minimum absolute atomic E-state index is 0.0998. The third-order valence-corrected chi connectivity index (χ3v) is 4.11. The normalized spacial score (nSPS) is 14.4. The van der Waals surface area contributed by atoms with E-state index >= 15 is 0 Å². The van der Waals surface area contributed by atoms with Gasteiger partial charge in [-0.3, -0.25) is 4.79 Å². The van der Waals surface area contributed by atoms with Crippen molar-refractivity contribution >= 4 is 11.0 Å². The van der Waals surface area contributed by atoms with Crippen LogP contribution in [0.15, 0.2) is 53.3 Å². The molecule has 0 radical (unpaired) electrons. The van der Waals surface area contributed by atoms with Crippen molar-refractivity contribution in [1.82, 2.24) is 9.55 Å². The number of rotatable bonds is 3. The van der Waals surface area contributed by atoms with Gasteiger partial charge < -0.3 is 4.57 Å². The molecule has 0 bridgehead atoms. The van der Waals surface area contributed by atoms with E-state index in [-0.39, 0.29) is 11.4 Å². The molecule has 110 valence electrons. The molecule has 0 spiro atoms. The van der Waals surface area contributed by atoms with E-state index in [0.29, 0.717) is 17.2 Å². The van der Waals surface area contributed by atoms with Crippen LogP contribution < -0.4 is 5.56 Å². The molecule has 3 nitrogen and oxygen atoms in total. The Kier molecular flexibility index (Phi) is 3.03. The van der Waals surface area contributed by atoms with Gasteiger partial charge in [-0.25, -0.2) is 9.37 Å². The van der Waals surface area contributed by atoms with E-state index in [1.54, 1.807) is 12.1 Å². The summed E-state index contributed by atoms with van der Waals surface area (Å²) in [6, 6.07) is 13.6. The van der Waals surface area contributed by atoms with Crippen molar-refractivity contribution in [3.05, 3.63) is 64.7 Å². The molecule has 4 heteroatoms. The molecule has 4 rings (SSSR count). The lowest BCUT2D eigenvalue weighted by molar-refractivity contribution is 0.624. The van der Waals surface area contributed by atoms with E-state index in [2.05, 4.69) is 4.98 Å². The Morgan fingerprint density at radius 1 is 1.09 bits per heavy atom. The van der Waals surface area contributed by atoms with Gasteiger partial charge in [0.15, 0.2) is 0 Å². The van der Waals surface area contributed by atoms with E-state index in [4.69, 9.17) is 0 Å². The van der Waals surface area contributed by atoms with Gasteiger partial charge in [0.05, 0.1) is 11.0 Å². The fourth-order valence-electron chi connectivity index (χ4n) is 2.73. The zero-order valence-corrected chi connectivity index (χ0v) is 12.0. The van der Waals surface area contributed by atoms with Crippen LogP contribution in [0.1, 0.15) is 12.8 Å². The standard InChI is InChI=1S/C18H15FN2O/c19-14-9-7-13(8-10-14)17-18(22)21(11-12-5-6-12)16-4-2-1-3-15(16)20-17/h1-4,7-10,12H,5-6,11H2. The van der Waals surface area contributed by atoms with Gasteiger partial charge in [0, 0.05) is 12.1 Å². The fourth-order valence-corrected chi connectivity index (χ4v) is 2.73. The smallest absolute Gasteiger partial charge is 0.277 e. The topological polar surface area (TPSA) is 34.9 Å². The Hall–Kier alpha value is -2.49. The minimum atomic E-state index is -0.317. The minimum Gasteiger partial charge on any atom is -0.305 e. The molecule has 0 N–H and O–H groups in total. The molecule has 3 aromatic rings. The molecule has 0 saturated heterocycles. The van der Waals surface area contributed by atoms with Crippen molar-refractivity contribution in [2.24, 2.45) is 5.92 Å². The van der Waals surface area contributed by atoms with Gasteiger partial charge in [-0.1, -0.05) is 12.1 Å². The highest BCUT2D eigenvalue weighted by Gasteiger charge is 2.24. The number of hydrogen-bond acceptors (Lipinski definition) is 2. The number of halogens is 1. The van der Waals surface area contributed by atoms with Crippen molar-refractivity contribution in [2.45, 2.75) is 19.4 Å². The molecule has 1 aliphatic carbocycles. The van der Waals surface area contributed by atoms with Crippen LogP contribution in [-0.4, -0.2) is 9.55 Å². The Bertz CT molecular complexity index is 895. The average Bonchev–Trinajstić information content (AvgIpc) is 3.35. The monoisotopic (exact) mass is 294 g/mol. The van der Waals surface area contributed by atoms with Crippen molar-refractivity contribution < 1.29 is 4.39 Å². The lowest BCUT2D eigenvalue weighted by Gasteiger charge is -2.12. The van der Waals surface area contributed by atoms with Gasteiger partial charge in [0.1, 0.15) is 11.5 Å². The van der Waals surface area contributed by atoms with E-state index in [9.17, 15) is 9.18 Å². The Morgan fingerprint density at radius 2 is 1.82 bits per heavy atom. The summed E-state index contributed by atoms with van der Waals surface area (Å²) >= 11 is 0. The SMILES string of the molecule is O=c1c(-c2ccc(F)cc2)nc2ccccc2n1CC1CC1. The summed E-state index contributed by atoms with van der Waals surface area (Å²) in [5, 5.41) is 0. The van der Waals surface area contributed by atoms with Gasteiger partial charge in [0.2, 0.25) is 0 Å². The van der Waals surface area contributed by atoms with E-state index in [1.165, 1.54) is 25.0 Å². The van der Waals surface area contributed by atoms with Crippen molar-refractivity contribution in [3.63, 3.8) is 0 Å². The second-order valence-corrected chi connectivity index (χ2v) is 5.82. The summed E-state index contributed by atoms with van der Waals surface area (Å²) in [6.45, 7) is 0.732. The summed E-state index contributed by atoms with van der Waals surface area (Å²) in [5.74, 6) is 0.271. The highest BCUT2D eigenvalue weighted by atomic mass is 19.1. The number of fused-ring (bicyclic) bond motifs is 1. The summed E-state index contributed by atoms with van der Waals surface area (Å²) in [4.78, 5) is 17.3. The van der Waals surface area contributed by atoms with Crippen LogP contribution >= 0.6 is 0 Å². The number of para-hydroxylation sites is 2. The van der Waals surface area contributed by atoms with Gasteiger partial charge in [-0.2, -0.15) is 0 Å². The maximum absolute atomic E-state index is 13.1. The fraction of sp³-hybridized carbons (Fsp3) is 0.222. The van der Waals surface area contributed by atoms with Crippen LogP contribution in [-0.2, 0) is 6.54 Å². The molecule has 0 atom stereocenters. The Labute approximate surface area is 127 Å². The maximum Gasteiger partial charge on any atom is 0.277 e. The van der Waals surface area contributed by atoms with Crippen LogP contribution in [0.4, 0.5) is 4.39 Å². The predicted molar refractivity (Wildman–Crippen MR) is 84.1 cm³/mol. The predicted octanol–water partition coefficient (Wildman–Crippen LogP) is 3.61. The molecule has 1 saturated carbocycles. The van der Waals surface area contributed by atoms with E-state index < -0.39 is 0 Å². The summed E-state index contributed by atoms with van der Waals surface area (Å²) in [5.41, 5.74) is 2.60. The number of benzene rings is 2. The first kappa shape index (κ1) is 13.2. The van der Waals surface area contributed by atoms with Crippen LogP contribution in [0, 0.1) is 11.7 Å². The van der Waals surface area contributed by atoms with E-state index in [1.807, 2.05) is 28.8 Å². The maximum atomic E-state index is 13.1. The molecule has 0 unspecified atom stereocenters. The first-order valence-electron chi connectivity index (χ1n) is 7.48. The van der Waals surface area contributed by atoms with Gasteiger partial charge >= 0.3 is 0 Å². The molecule has 1 aromatic heterocycles. The number of hydrogen-bond donors (Lipinski definition) is 0. The molecule has 1 fully saturated rings. The lowest BCUT2D eigenvalue weighted by Crippen LogP contribution is -2.24. The second-order valence-electron chi connectivity index (χ2n) is 5.82. The van der Waals surface area contributed by atoms with Crippen molar-refractivity contribution in [1.29, 1.82) is 0 Å². The van der Waals surface area contributed by atoms with Crippen LogP contribution in [0.25, 0.3) is 22.3 Å². The molecule has 1 heterocycles. The van der Waals surface area contributed by atoms with E-state index in [0.717, 1.165) is 17.6 Å². The molecule has 22 heavy (non-hydrogen) atoms. The van der Waals surface area contributed by atoms with Crippen molar-refractivity contribution in [2.75, 3.05) is 0 Å². The highest BCUT2D eigenvalue weighted by Crippen LogP contribution is 2.31. The van der Waals surface area contributed by atoms with Gasteiger partial charge in [0.25, 0.3) is 5.56 Å². The number of nitrogens with zero attached hydrogens (tertiary/aromatic N) is 2.